The summed E-state index contributed by atoms with van der Waals surface area (Å²) < 4.78 is 7.18. The zero-order valence-electron chi connectivity index (χ0n) is 9.31. The van der Waals surface area contributed by atoms with Crippen LogP contribution >= 0.6 is 11.6 Å². The number of halogens is 1. The molecule has 0 N–H and O–H groups in total. The average molecular weight is 249 g/mol. The molecule has 0 unspecified atom stereocenters. The van der Waals surface area contributed by atoms with Crippen molar-refractivity contribution in [3.8, 4) is 11.6 Å². The number of aromatic nitrogens is 4. The van der Waals surface area contributed by atoms with Gasteiger partial charge in [-0.3, -0.25) is 4.40 Å². The fraction of sp³-hybridized carbons (Fsp3) is 0.182. The summed E-state index contributed by atoms with van der Waals surface area (Å²) in [6.45, 7) is 3.84. The number of hydrogen-bond acceptors (Lipinski definition) is 4. The van der Waals surface area contributed by atoms with Crippen molar-refractivity contribution >= 4 is 17.2 Å². The number of aryl methyl sites for hydroxylation is 2. The van der Waals surface area contributed by atoms with Crippen LogP contribution in [0, 0.1) is 13.8 Å². The molecule has 6 heteroatoms. The first-order chi connectivity index (χ1) is 8.18. The Hall–Kier alpha value is -1.88. The lowest BCUT2D eigenvalue weighted by Gasteiger charge is -2.05. The van der Waals surface area contributed by atoms with Crippen LogP contribution in [0.25, 0.3) is 17.2 Å². The first-order valence-electron chi connectivity index (χ1n) is 5.10. The molecule has 0 aromatic carbocycles. The van der Waals surface area contributed by atoms with Crippen molar-refractivity contribution in [3.05, 3.63) is 34.9 Å². The van der Waals surface area contributed by atoms with Crippen LogP contribution in [0.3, 0.4) is 0 Å². The molecule has 0 saturated heterocycles. The summed E-state index contributed by atoms with van der Waals surface area (Å²) >= 11 is 6.04. The lowest BCUT2D eigenvalue weighted by atomic mass is 10.3. The Morgan fingerprint density at radius 2 is 2.12 bits per heavy atom. The highest BCUT2D eigenvalue weighted by Crippen LogP contribution is 2.24. The van der Waals surface area contributed by atoms with Gasteiger partial charge >= 0.3 is 0 Å². The number of furan rings is 1. The van der Waals surface area contributed by atoms with Crippen molar-refractivity contribution in [2.24, 2.45) is 0 Å². The summed E-state index contributed by atoms with van der Waals surface area (Å²) in [5.41, 5.74) is 2.33. The van der Waals surface area contributed by atoms with E-state index in [1.165, 1.54) is 0 Å². The van der Waals surface area contributed by atoms with Gasteiger partial charge < -0.3 is 4.42 Å². The molecule has 3 rings (SSSR count). The minimum Gasteiger partial charge on any atom is -0.461 e. The van der Waals surface area contributed by atoms with Gasteiger partial charge in [-0.1, -0.05) is 11.6 Å². The van der Waals surface area contributed by atoms with E-state index in [9.17, 15) is 0 Å². The van der Waals surface area contributed by atoms with E-state index >= 15 is 0 Å². The van der Waals surface area contributed by atoms with Gasteiger partial charge in [-0.15, -0.1) is 10.2 Å². The molecule has 3 aromatic heterocycles. The molecular formula is C11H9ClN4O. The summed E-state index contributed by atoms with van der Waals surface area (Å²) in [7, 11) is 0. The van der Waals surface area contributed by atoms with E-state index in [1.807, 2.05) is 24.3 Å². The van der Waals surface area contributed by atoms with E-state index in [0.717, 1.165) is 11.4 Å². The highest BCUT2D eigenvalue weighted by molar-refractivity contribution is 6.32. The highest BCUT2D eigenvalue weighted by atomic mass is 35.5. The van der Waals surface area contributed by atoms with Crippen LogP contribution in [0.1, 0.15) is 11.4 Å². The van der Waals surface area contributed by atoms with E-state index in [-0.39, 0.29) is 0 Å². The maximum atomic E-state index is 6.04. The fourth-order valence-corrected chi connectivity index (χ4v) is 1.99. The minimum atomic E-state index is 0.346. The Labute approximate surface area is 102 Å². The summed E-state index contributed by atoms with van der Waals surface area (Å²) in [6, 6.07) is 3.64. The smallest absolute Gasteiger partial charge is 0.204 e. The van der Waals surface area contributed by atoms with Crippen LogP contribution < -0.4 is 0 Å². The zero-order valence-corrected chi connectivity index (χ0v) is 10.1. The van der Waals surface area contributed by atoms with Crippen LogP contribution in [0.5, 0.6) is 0 Å². The van der Waals surface area contributed by atoms with Gasteiger partial charge in [0.15, 0.2) is 16.6 Å². The van der Waals surface area contributed by atoms with Crippen LogP contribution in [0.15, 0.2) is 22.8 Å². The van der Waals surface area contributed by atoms with Gasteiger partial charge in [-0.2, -0.15) is 0 Å². The van der Waals surface area contributed by atoms with Crippen molar-refractivity contribution < 1.29 is 4.42 Å². The molecule has 5 nitrogen and oxygen atoms in total. The molecular weight excluding hydrogens is 240 g/mol. The predicted octanol–water partition coefficient (Wildman–Crippen LogP) is 2.65. The summed E-state index contributed by atoms with van der Waals surface area (Å²) in [4.78, 5) is 4.21. The van der Waals surface area contributed by atoms with Crippen molar-refractivity contribution in [2.45, 2.75) is 13.8 Å². The van der Waals surface area contributed by atoms with Gasteiger partial charge in [0, 0.05) is 5.69 Å². The van der Waals surface area contributed by atoms with Crippen molar-refractivity contribution in [1.82, 2.24) is 19.6 Å². The van der Waals surface area contributed by atoms with Crippen LogP contribution in [-0.2, 0) is 0 Å². The highest BCUT2D eigenvalue weighted by Gasteiger charge is 2.16. The van der Waals surface area contributed by atoms with Gasteiger partial charge in [-0.05, 0) is 26.0 Å². The number of hydrogen-bond donors (Lipinski definition) is 0. The Morgan fingerprint density at radius 3 is 2.82 bits per heavy atom. The summed E-state index contributed by atoms with van der Waals surface area (Å²) in [6.07, 6.45) is 1.60. The molecule has 3 heterocycles. The summed E-state index contributed by atoms with van der Waals surface area (Å²) in [5.74, 6) is 1.29. The predicted molar refractivity (Wildman–Crippen MR) is 63.0 cm³/mol. The second-order valence-corrected chi connectivity index (χ2v) is 4.09. The standard InChI is InChI=1S/C11H9ClN4O/c1-6-7(2)16-10(8-4-3-5-17-8)14-15-11(16)9(12)13-6/h3-5H,1-2H3. The second-order valence-electron chi connectivity index (χ2n) is 3.73. The molecule has 0 aliphatic rings. The maximum Gasteiger partial charge on any atom is 0.204 e. The Bertz CT molecular complexity index is 687. The Kier molecular flexibility index (Phi) is 2.16. The Balaban J connectivity index is 2.42. The quantitative estimate of drug-likeness (QED) is 0.664. The molecule has 0 aliphatic heterocycles. The van der Waals surface area contributed by atoms with Crippen LogP contribution in [-0.4, -0.2) is 19.6 Å². The third-order valence-electron chi connectivity index (χ3n) is 2.71. The second kappa shape index (κ2) is 3.56. The van der Waals surface area contributed by atoms with E-state index in [0.29, 0.717) is 22.4 Å². The fourth-order valence-electron chi connectivity index (χ4n) is 1.74. The molecule has 0 radical (unpaired) electrons. The van der Waals surface area contributed by atoms with E-state index in [4.69, 9.17) is 16.0 Å². The van der Waals surface area contributed by atoms with Gasteiger partial charge in [-0.25, -0.2) is 4.98 Å². The largest absolute Gasteiger partial charge is 0.461 e. The Morgan fingerprint density at radius 1 is 1.29 bits per heavy atom. The van der Waals surface area contributed by atoms with Gasteiger partial charge in [0.25, 0.3) is 0 Å². The molecule has 86 valence electrons. The molecule has 0 spiro atoms. The topological polar surface area (TPSA) is 56.2 Å². The first kappa shape index (κ1) is 10.3. The lowest BCUT2D eigenvalue weighted by Crippen LogP contribution is -2.00. The number of nitrogens with zero attached hydrogens (tertiary/aromatic N) is 4. The van der Waals surface area contributed by atoms with Gasteiger partial charge in [0.2, 0.25) is 5.82 Å². The average Bonchev–Trinajstić information content (AvgIpc) is 2.94. The minimum absolute atomic E-state index is 0.346. The van der Waals surface area contributed by atoms with Crippen molar-refractivity contribution in [1.29, 1.82) is 0 Å². The third kappa shape index (κ3) is 1.43. The van der Waals surface area contributed by atoms with Crippen LogP contribution in [0.4, 0.5) is 0 Å². The number of rotatable bonds is 1. The van der Waals surface area contributed by atoms with Crippen LogP contribution in [0.2, 0.25) is 5.15 Å². The monoisotopic (exact) mass is 248 g/mol. The molecule has 3 aromatic rings. The molecule has 0 atom stereocenters. The van der Waals surface area contributed by atoms with Gasteiger partial charge in [0.05, 0.1) is 12.0 Å². The van der Waals surface area contributed by atoms with E-state index in [2.05, 4.69) is 15.2 Å². The molecule has 17 heavy (non-hydrogen) atoms. The molecule has 0 saturated carbocycles. The molecule has 0 amide bonds. The van der Waals surface area contributed by atoms with Gasteiger partial charge in [0.1, 0.15) is 0 Å². The maximum absolute atomic E-state index is 6.04. The molecule has 0 bridgehead atoms. The molecule has 0 aliphatic carbocycles. The normalized spacial score (nSPS) is 11.2. The zero-order chi connectivity index (χ0) is 12.0. The first-order valence-corrected chi connectivity index (χ1v) is 5.48. The van der Waals surface area contributed by atoms with E-state index in [1.54, 1.807) is 12.3 Å². The van der Waals surface area contributed by atoms with Crippen molar-refractivity contribution in [2.75, 3.05) is 0 Å². The van der Waals surface area contributed by atoms with Crippen molar-refractivity contribution in [3.63, 3.8) is 0 Å². The van der Waals surface area contributed by atoms with E-state index < -0.39 is 0 Å². The number of fused-ring (bicyclic) bond motifs is 1. The SMILES string of the molecule is Cc1nc(Cl)c2nnc(-c3ccco3)n2c1C. The lowest BCUT2D eigenvalue weighted by molar-refractivity contribution is 0.576. The molecule has 0 fully saturated rings. The summed E-state index contributed by atoms with van der Waals surface area (Å²) in [5, 5.41) is 8.48. The third-order valence-corrected chi connectivity index (χ3v) is 2.97.